The van der Waals surface area contributed by atoms with Gasteiger partial charge in [-0.25, -0.2) is 0 Å². The van der Waals surface area contributed by atoms with E-state index in [4.69, 9.17) is 0 Å². The van der Waals surface area contributed by atoms with Crippen LogP contribution in [0.25, 0.3) is 0 Å². The van der Waals surface area contributed by atoms with Gasteiger partial charge < -0.3 is 5.32 Å². The van der Waals surface area contributed by atoms with Crippen molar-refractivity contribution >= 4 is 11.3 Å². The maximum atomic E-state index is 3.73. The van der Waals surface area contributed by atoms with Crippen LogP contribution in [0.15, 0.2) is 17.5 Å². The quantitative estimate of drug-likeness (QED) is 0.913. The fourth-order valence-electron chi connectivity index (χ4n) is 3.80. The number of rotatable bonds is 3. The van der Waals surface area contributed by atoms with E-state index in [0.29, 0.717) is 11.6 Å². The highest BCUT2D eigenvalue weighted by Gasteiger charge is 2.40. The third-order valence-electron chi connectivity index (χ3n) is 4.94. The van der Waals surface area contributed by atoms with Gasteiger partial charge in [-0.05, 0) is 37.6 Å². The summed E-state index contributed by atoms with van der Waals surface area (Å²) in [7, 11) is 0. The summed E-state index contributed by atoms with van der Waals surface area (Å²) in [5.74, 6) is 0. The van der Waals surface area contributed by atoms with Crippen LogP contribution in [-0.2, 0) is 6.42 Å². The molecule has 3 heteroatoms. The van der Waals surface area contributed by atoms with Crippen LogP contribution < -0.4 is 5.32 Å². The molecule has 19 heavy (non-hydrogen) atoms. The fourth-order valence-corrected chi connectivity index (χ4v) is 4.49. The number of hydrogen-bond acceptors (Lipinski definition) is 3. The molecule has 1 unspecified atom stereocenters. The van der Waals surface area contributed by atoms with Crippen LogP contribution in [-0.4, -0.2) is 36.1 Å². The number of nitrogens with one attached hydrogen (secondary N) is 1. The Morgan fingerprint density at radius 2 is 2.21 bits per heavy atom. The summed E-state index contributed by atoms with van der Waals surface area (Å²) in [6, 6.07) is 5.11. The fraction of sp³-hybridized carbons (Fsp3) is 0.750. The maximum Gasteiger partial charge on any atom is 0.0334 e. The molecule has 2 heterocycles. The summed E-state index contributed by atoms with van der Waals surface area (Å²) < 4.78 is 0. The third kappa shape index (κ3) is 3.04. The molecule has 3 rings (SSSR count). The minimum absolute atomic E-state index is 0.474. The molecule has 2 fully saturated rings. The minimum atomic E-state index is 0.474. The van der Waals surface area contributed by atoms with Crippen LogP contribution in [0.4, 0.5) is 0 Å². The van der Waals surface area contributed by atoms with Crippen LogP contribution in [0.2, 0.25) is 0 Å². The van der Waals surface area contributed by atoms with Crippen molar-refractivity contribution in [2.45, 2.75) is 57.0 Å². The van der Waals surface area contributed by atoms with Crippen molar-refractivity contribution in [2.75, 3.05) is 19.6 Å². The molecule has 1 aromatic rings. The standard InChI is InChI=1S/C16H26N2S/c1-14-12-18(10-7-15-6-5-11-19-15)16(13-17-14)8-3-2-4-9-16/h5-6,11,14,17H,2-4,7-10,12-13H2,1H3. The lowest BCUT2D eigenvalue weighted by atomic mass is 9.78. The zero-order chi connectivity index (χ0) is 13.1. The molecule has 1 aliphatic heterocycles. The lowest BCUT2D eigenvalue weighted by Crippen LogP contribution is -2.64. The van der Waals surface area contributed by atoms with E-state index in [2.05, 4.69) is 34.7 Å². The summed E-state index contributed by atoms with van der Waals surface area (Å²) in [6.07, 6.45) is 8.31. The van der Waals surface area contributed by atoms with Gasteiger partial charge in [0.15, 0.2) is 0 Å². The van der Waals surface area contributed by atoms with Gasteiger partial charge in [0.25, 0.3) is 0 Å². The number of hydrogen-bond donors (Lipinski definition) is 1. The number of thiophene rings is 1. The molecule has 1 saturated heterocycles. The zero-order valence-corrected chi connectivity index (χ0v) is 12.8. The highest BCUT2D eigenvalue weighted by atomic mass is 32.1. The molecule has 1 spiro atoms. The smallest absolute Gasteiger partial charge is 0.0334 e. The second-order valence-electron chi connectivity index (χ2n) is 6.34. The lowest BCUT2D eigenvalue weighted by Gasteiger charge is -2.51. The van der Waals surface area contributed by atoms with E-state index in [1.165, 1.54) is 63.0 Å². The van der Waals surface area contributed by atoms with Gasteiger partial charge in [0.1, 0.15) is 0 Å². The molecule has 1 aliphatic carbocycles. The second-order valence-corrected chi connectivity index (χ2v) is 7.37. The van der Waals surface area contributed by atoms with Crippen LogP contribution in [0.5, 0.6) is 0 Å². The van der Waals surface area contributed by atoms with E-state index >= 15 is 0 Å². The molecule has 1 aromatic heterocycles. The van der Waals surface area contributed by atoms with E-state index in [1.807, 2.05) is 11.3 Å². The number of nitrogens with zero attached hydrogens (tertiary/aromatic N) is 1. The molecule has 1 N–H and O–H groups in total. The van der Waals surface area contributed by atoms with Gasteiger partial charge in [-0.2, -0.15) is 0 Å². The van der Waals surface area contributed by atoms with E-state index < -0.39 is 0 Å². The molecule has 106 valence electrons. The Morgan fingerprint density at radius 3 is 2.95 bits per heavy atom. The lowest BCUT2D eigenvalue weighted by molar-refractivity contribution is 0.0139. The summed E-state index contributed by atoms with van der Waals surface area (Å²) in [4.78, 5) is 4.35. The average Bonchev–Trinajstić information content (AvgIpc) is 2.94. The first-order valence-electron chi connectivity index (χ1n) is 7.79. The van der Waals surface area contributed by atoms with Crippen molar-refractivity contribution in [2.24, 2.45) is 0 Å². The first kappa shape index (κ1) is 13.6. The topological polar surface area (TPSA) is 15.3 Å². The predicted octanol–water partition coefficient (Wildman–Crippen LogP) is 3.29. The first-order chi connectivity index (χ1) is 9.28. The van der Waals surface area contributed by atoms with Crippen molar-refractivity contribution in [3.63, 3.8) is 0 Å². The number of piperazine rings is 1. The Labute approximate surface area is 121 Å². The average molecular weight is 278 g/mol. The maximum absolute atomic E-state index is 3.73. The monoisotopic (exact) mass is 278 g/mol. The first-order valence-corrected chi connectivity index (χ1v) is 8.67. The molecule has 1 saturated carbocycles. The summed E-state index contributed by atoms with van der Waals surface area (Å²) >= 11 is 1.91. The van der Waals surface area contributed by atoms with Gasteiger partial charge in [0.2, 0.25) is 0 Å². The summed E-state index contributed by atoms with van der Waals surface area (Å²) in [6.45, 7) is 6.00. The van der Waals surface area contributed by atoms with Gasteiger partial charge in [0, 0.05) is 36.1 Å². The van der Waals surface area contributed by atoms with Gasteiger partial charge >= 0.3 is 0 Å². The Morgan fingerprint density at radius 1 is 1.37 bits per heavy atom. The summed E-state index contributed by atoms with van der Waals surface area (Å²) in [5, 5.41) is 5.93. The molecule has 0 bridgehead atoms. The molecule has 0 amide bonds. The minimum Gasteiger partial charge on any atom is -0.311 e. The van der Waals surface area contributed by atoms with Crippen LogP contribution in [0.1, 0.15) is 43.9 Å². The zero-order valence-electron chi connectivity index (χ0n) is 12.0. The van der Waals surface area contributed by atoms with Gasteiger partial charge in [0.05, 0.1) is 0 Å². The van der Waals surface area contributed by atoms with Gasteiger partial charge in [-0.3, -0.25) is 4.90 Å². The Balaban J connectivity index is 1.67. The second kappa shape index (κ2) is 5.94. The Hall–Kier alpha value is -0.380. The van der Waals surface area contributed by atoms with E-state index in [1.54, 1.807) is 0 Å². The Kier molecular flexibility index (Phi) is 4.25. The highest BCUT2D eigenvalue weighted by molar-refractivity contribution is 7.09. The predicted molar refractivity (Wildman–Crippen MR) is 82.9 cm³/mol. The van der Waals surface area contributed by atoms with E-state index in [0.717, 1.165) is 0 Å². The van der Waals surface area contributed by atoms with Gasteiger partial charge in [-0.15, -0.1) is 11.3 Å². The SMILES string of the molecule is CC1CN(CCc2cccs2)C2(CCCCC2)CN1. The molecular formula is C16H26N2S. The van der Waals surface area contributed by atoms with Crippen molar-refractivity contribution < 1.29 is 0 Å². The molecule has 0 aromatic carbocycles. The third-order valence-corrected chi connectivity index (χ3v) is 5.87. The molecule has 2 aliphatic rings. The van der Waals surface area contributed by atoms with E-state index in [9.17, 15) is 0 Å². The van der Waals surface area contributed by atoms with Crippen LogP contribution in [0.3, 0.4) is 0 Å². The molecular weight excluding hydrogens is 252 g/mol. The molecule has 2 nitrogen and oxygen atoms in total. The van der Waals surface area contributed by atoms with Crippen molar-refractivity contribution in [1.29, 1.82) is 0 Å². The summed E-state index contributed by atoms with van der Waals surface area (Å²) in [5.41, 5.74) is 0.474. The largest absolute Gasteiger partial charge is 0.311 e. The van der Waals surface area contributed by atoms with Gasteiger partial charge in [-0.1, -0.05) is 25.3 Å². The molecule has 0 radical (unpaired) electrons. The Bertz CT molecular complexity index is 381. The highest BCUT2D eigenvalue weighted by Crippen LogP contribution is 2.35. The van der Waals surface area contributed by atoms with Crippen molar-refractivity contribution in [3.8, 4) is 0 Å². The van der Waals surface area contributed by atoms with Crippen molar-refractivity contribution in [3.05, 3.63) is 22.4 Å². The van der Waals surface area contributed by atoms with Crippen molar-refractivity contribution in [1.82, 2.24) is 10.2 Å². The van der Waals surface area contributed by atoms with E-state index in [-0.39, 0.29) is 0 Å². The normalized spacial score (nSPS) is 27.7. The van der Waals surface area contributed by atoms with Crippen LogP contribution in [0, 0.1) is 0 Å². The molecule has 1 atom stereocenters. The van der Waals surface area contributed by atoms with Crippen LogP contribution >= 0.6 is 11.3 Å².